The molecular weight excluding hydrogens is 408 g/mol. The van der Waals surface area contributed by atoms with Crippen LogP contribution in [0.5, 0.6) is 5.75 Å². The fourth-order valence-electron chi connectivity index (χ4n) is 3.25. The zero-order valence-electron chi connectivity index (χ0n) is 17.3. The number of benzene rings is 3. The Morgan fingerprint density at radius 3 is 2.47 bits per heavy atom. The molecule has 160 valence electrons. The van der Waals surface area contributed by atoms with Crippen molar-refractivity contribution >= 4 is 11.6 Å². The van der Waals surface area contributed by atoms with Crippen LogP contribution < -0.4 is 10.1 Å². The highest BCUT2D eigenvalue weighted by atomic mass is 16.6. The van der Waals surface area contributed by atoms with Gasteiger partial charge in [0.15, 0.2) is 0 Å². The zero-order valence-corrected chi connectivity index (χ0v) is 17.3. The van der Waals surface area contributed by atoms with Gasteiger partial charge in [-0.05, 0) is 35.9 Å². The van der Waals surface area contributed by atoms with Crippen LogP contribution in [-0.4, -0.2) is 27.7 Å². The van der Waals surface area contributed by atoms with Crippen LogP contribution in [0.2, 0.25) is 0 Å². The van der Waals surface area contributed by atoms with Crippen molar-refractivity contribution < 1.29 is 14.5 Å². The maximum absolute atomic E-state index is 13.1. The lowest BCUT2D eigenvalue weighted by Gasteiger charge is -2.08. The molecule has 4 aromatic rings. The minimum atomic E-state index is -0.470. The lowest BCUT2D eigenvalue weighted by molar-refractivity contribution is -0.384. The van der Waals surface area contributed by atoms with Crippen molar-refractivity contribution in [3.05, 3.63) is 106 Å². The molecule has 0 fully saturated rings. The van der Waals surface area contributed by atoms with E-state index in [4.69, 9.17) is 4.74 Å². The van der Waals surface area contributed by atoms with Crippen LogP contribution in [0.4, 0.5) is 5.69 Å². The van der Waals surface area contributed by atoms with Gasteiger partial charge in [-0.3, -0.25) is 14.9 Å². The highest BCUT2D eigenvalue weighted by Gasteiger charge is 2.18. The molecule has 0 saturated carbocycles. The van der Waals surface area contributed by atoms with Gasteiger partial charge in [0, 0.05) is 24.2 Å². The number of non-ortho nitro benzene ring substituents is 1. The van der Waals surface area contributed by atoms with E-state index < -0.39 is 4.92 Å². The topological polar surface area (TPSA) is 99.3 Å². The fourth-order valence-corrected chi connectivity index (χ4v) is 3.25. The average molecular weight is 428 g/mol. The molecule has 0 bridgehead atoms. The van der Waals surface area contributed by atoms with Crippen LogP contribution in [0.1, 0.15) is 16.1 Å². The Hall–Kier alpha value is -4.46. The first-order valence-electron chi connectivity index (χ1n) is 9.86. The number of nitrogens with zero attached hydrogens (tertiary/aromatic N) is 3. The van der Waals surface area contributed by atoms with Crippen molar-refractivity contribution in [3.8, 4) is 22.7 Å². The van der Waals surface area contributed by atoms with Gasteiger partial charge in [-0.1, -0.05) is 42.5 Å². The smallest absolute Gasteiger partial charge is 0.270 e. The zero-order chi connectivity index (χ0) is 22.5. The van der Waals surface area contributed by atoms with Gasteiger partial charge in [-0.15, -0.1) is 0 Å². The van der Waals surface area contributed by atoms with E-state index in [1.165, 1.54) is 16.8 Å². The molecule has 0 saturated heterocycles. The van der Waals surface area contributed by atoms with E-state index in [1.54, 1.807) is 25.3 Å². The molecule has 4 rings (SSSR count). The number of hydrogen-bond acceptors (Lipinski definition) is 5. The van der Waals surface area contributed by atoms with E-state index in [9.17, 15) is 14.9 Å². The largest absolute Gasteiger partial charge is 0.497 e. The number of aromatic nitrogens is 2. The van der Waals surface area contributed by atoms with Crippen LogP contribution >= 0.6 is 0 Å². The Morgan fingerprint density at radius 2 is 1.78 bits per heavy atom. The SMILES string of the molecule is COc1cccc(-c2cc(C(=O)NCc3ccccc3)n(-c3ccc([N+](=O)[O-])cc3)n2)c1. The first kappa shape index (κ1) is 20.8. The predicted molar refractivity (Wildman–Crippen MR) is 120 cm³/mol. The van der Waals surface area contributed by atoms with Crippen LogP contribution in [0.3, 0.4) is 0 Å². The number of ether oxygens (including phenoxy) is 1. The first-order chi connectivity index (χ1) is 15.5. The molecule has 0 spiro atoms. The van der Waals surface area contributed by atoms with Crippen molar-refractivity contribution in [2.45, 2.75) is 6.54 Å². The number of nitro groups is 1. The number of hydrogen-bond donors (Lipinski definition) is 1. The number of amides is 1. The summed E-state index contributed by atoms with van der Waals surface area (Å²) in [6.07, 6.45) is 0. The molecule has 1 aromatic heterocycles. The summed E-state index contributed by atoms with van der Waals surface area (Å²) in [6.45, 7) is 0.361. The lowest BCUT2D eigenvalue weighted by Crippen LogP contribution is -2.25. The van der Waals surface area contributed by atoms with E-state index in [0.717, 1.165) is 11.1 Å². The molecule has 0 unspecified atom stereocenters. The standard InChI is InChI=1S/C24H20N4O4/c1-32-21-9-5-8-18(14-21)22-15-23(24(29)25-16-17-6-3-2-4-7-17)27(26-22)19-10-12-20(13-11-19)28(30)31/h2-15H,16H2,1H3,(H,25,29). The van der Waals surface area contributed by atoms with E-state index in [-0.39, 0.29) is 11.6 Å². The second kappa shape index (κ2) is 9.13. The Kier molecular flexibility index (Phi) is 5.94. The van der Waals surface area contributed by atoms with E-state index >= 15 is 0 Å². The number of nitrogens with one attached hydrogen (secondary N) is 1. The summed E-state index contributed by atoms with van der Waals surface area (Å²) in [5.74, 6) is 0.358. The Labute approximate surface area is 184 Å². The third-order valence-electron chi connectivity index (χ3n) is 4.91. The quantitative estimate of drug-likeness (QED) is 0.348. The second-order valence-electron chi connectivity index (χ2n) is 7.00. The number of rotatable bonds is 7. The molecule has 8 nitrogen and oxygen atoms in total. The van der Waals surface area contributed by atoms with Gasteiger partial charge in [-0.25, -0.2) is 4.68 Å². The normalized spacial score (nSPS) is 10.5. The monoisotopic (exact) mass is 428 g/mol. The molecule has 0 radical (unpaired) electrons. The summed E-state index contributed by atoms with van der Waals surface area (Å²) in [4.78, 5) is 23.6. The van der Waals surface area contributed by atoms with Crippen molar-refractivity contribution in [1.29, 1.82) is 0 Å². The molecule has 8 heteroatoms. The molecule has 0 aliphatic carbocycles. The minimum absolute atomic E-state index is 0.0380. The van der Waals surface area contributed by atoms with Crippen molar-refractivity contribution in [2.24, 2.45) is 0 Å². The predicted octanol–water partition coefficient (Wildman–Crippen LogP) is 4.39. The molecule has 0 aliphatic rings. The fraction of sp³-hybridized carbons (Fsp3) is 0.0833. The number of methoxy groups -OCH3 is 1. The number of carbonyl (C=O) groups is 1. The Bertz CT molecular complexity index is 1250. The summed E-state index contributed by atoms with van der Waals surface area (Å²) in [5, 5.41) is 18.5. The maximum Gasteiger partial charge on any atom is 0.270 e. The van der Waals surface area contributed by atoms with Gasteiger partial charge in [-0.2, -0.15) is 5.10 Å². The summed E-state index contributed by atoms with van der Waals surface area (Å²) in [5.41, 5.74) is 3.13. The van der Waals surface area contributed by atoms with E-state index in [2.05, 4.69) is 10.4 Å². The van der Waals surface area contributed by atoms with Gasteiger partial charge < -0.3 is 10.1 Å². The molecule has 0 atom stereocenters. The Morgan fingerprint density at radius 1 is 1.03 bits per heavy atom. The average Bonchev–Trinajstić information content (AvgIpc) is 3.29. The molecular formula is C24H20N4O4. The second-order valence-corrected chi connectivity index (χ2v) is 7.00. The molecule has 0 aliphatic heterocycles. The summed E-state index contributed by atoms with van der Waals surface area (Å²) in [7, 11) is 1.58. The van der Waals surface area contributed by atoms with Gasteiger partial charge in [0.1, 0.15) is 11.4 Å². The van der Waals surface area contributed by atoms with Gasteiger partial charge >= 0.3 is 0 Å². The first-order valence-corrected chi connectivity index (χ1v) is 9.86. The number of carbonyl (C=O) groups excluding carboxylic acids is 1. The summed E-state index contributed by atoms with van der Waals surface area (Å²) in [6, 6.07) is 24.5. The van der Waals surface area contributed by atoms with Gasteiger partial charge in [0.2, 0.25) is 0 Å². The van der Waals surface area contributed by atoms with Gasteiger partial charge in [0.05, 0.1) is 23.4 Å². The lowest BCUT2D eigenvalue weighted by atomic mass is 10.1. The number of nitro benzene ring substituents is 1. The van der Waals surface area contributed by atoms with Crippen LogP contribution in [0, 0.1) is 10.1 Å². The van der Waals surface area contributed by atoms with E-state index in [1.807, 2.05) is 54.6 Å². The minimum Gasteiger partial charge on any atom is -0.497 e. The van der Waals surface area contributed by atoms with Crippen LogP contribution in [-0.2, 0) is 6.54 Å². The highest BCUT2D eigenvalue weighted by molar-refractivity contribution is 5.94. The van der Waals surface area contributed by atoms with E-state index in [0.29, 0.717) is 29.4 Å². The van der Waals surface area contributed by atoms with Crippen LogP contribution in [0.25, 0.3) is 16.9 Å². The van der Waals surface area contributed by atoms with Crippen molar-refractivity contribution in [2.75, 3.05) is 7.11 Å². The molecule has 32 heavy (non-hydrogen) atoms. The third kappa shape index (κ3) is 4.49. The molecule has 1 N–H and O–H groups in total. The maximum atomic E-state index is 13.1. The highest BCUT2D eigenvalue weighted by Crippen LogP contribution is 2.26. The Balaban J connectivity index is 1.71. The summed E-state index contributed by atoms with van der Waals surface area (Å²) < 4.78 is 6.78. The molecule has 1 heterocycles. The molecule has 1 amide bonds. The van der Waals surface area contributed by atoms with Gasteiger partial charge in [0.25, 0.3) is 11.6 Å². The molecule has 3 aromatic carbocycles. The van der Waals surface area contributed by atoms with Crippen LogP contribution in [0.15, 0.2) is 84.9 Å². The third-order valence-corrected chi connectivity index (χ3v) is 4.91. The summed E-state index contributed by atoms with van der Waals surface area (Å²) >= 11 is 0. The van der Waals surface area contributed by atoms with Crippen molar-refractivity contribution in [3.63, 3.8) is 0 Å². The van der Waals surface area contributed by atoms with Crippen molar-refractivity contribution in [1.82, 2.24) is 15.1 Å².